The van der Waals surface area contributed by atoms with Crippen LogP contribution in [0.25, 0.3) is 0 Å². The van der Waals surface area contributed by atoms with Crippen LogP contribution in [0.1, 0.15) is 17.3 Å². The van der Waals surface area contributed by atoms with Crippen LogP contribution in [0, 0.1) is 0 Å². The molecule has 0 unspecified atom stereocenters. The third-order valence-corrected chi connectivity index (χ3v) is 4.91. The van der Waals surface area contributed by atoms with Crippen molar-refractivity contribution in [3.8, 4) is 17.2 Å². The number of rotatable bonds is 7. The second-order valence-electron chi connectivity index (χ2n) is 7.18. The van der Waals surface area contributed by atoms with Crippen LogP contribution in [-0.2, 0) is 4.79 Å². The van der Waals surface area contributed by atoms with E-state index < -0.39 is 6.04 Å². The molecule has 8 nitrogen and oxygen atoms in total. The lowest BCUT2D eigenvalue weighted by molar-refractivity contribution is -0.116. The molecular weight excluding hydrogens is 410 g/mol. The van der Waals surface area contributed by atoms with Crippen LogP contribution in [0.2, 0.25) is 0 Å². The number of nitrogens with one attached hydrogen (secondary N) is 3. The van der Waals surface area contributed by atoms with Crippen molar-refractivity contribution >= 4 is 28.9 Å². The molecule has 0 aromatic heterocycles. The van der Waals surface area contributed by atoms with Crippen molar-refractivity contribution in [3.05, 3.63) is 72.3 Å². The van der Waals surface area contributed by atoms with Crippen LogP contribution in [0.4, 0.5) is 17.1 Å². The second kappa shape index (κ2) is 9.30. The third kappa shape index (κ3) is 4.92. The minimum Gasteiger partial charge on any atom is -0.497 e. The number of carbonyl (C=O) groups is 2. The number of benzene rings is 3. The van der Waals surface area contributed by atoms with Crippen molar-refractivity contribution in [3.63, 3.8) is 0 Å². The van der Waals surface area contributed by atoms with Crippen molar-refractivity contribution in [2.24, 2.45) is 0 Å². The van der Waals surface area contributed by atoms with Gasteiger partial charge < -0.3 is 30.2 Å². The highest BCUT2D eigenvalue weighted by Gasteiger charge is 2.17. The molecule has 0 saturated carbocycles. The van der Waals surface area contributed by atoms with Crippen LogP contribution in [0.3, 0.4) is 0 Å². The van der Waals surface area contributed by atoms with E-state index in [2.05, 4.69) is 16.0 Å². The molecule has 4 rings (SSSR count). The number of carbonyl (C=O) groups excluding carboxylic acids is 2. The first-order valence-corrected chi connectivity index (χ1v) is 10.0. The van der Waals surface area contributed by atoms with E-state index in [-0.39, 0.29) is 18.6 Å². The summed E-state index contributed by atoms with van der Waals surface area (Å²) < 4.78 is 15.7. The van der Waals surface area contributed by atoms with Crippen LogP contribution < -0.4 is 30.2 Å². The monoisotopic (exact) mass is 433 g/mol. The minimum absolute atomic E-state index is 0.179. The normalized spacial score (nSPS) is 12.6. The molecule has 2 amide bonds. The van der Waals surface area contributed by atoms with E-state index in [1.165, 1.54) is 0 Å². The fraction of sp³-hybridized carbons (Fsp3) is 0.167. The molecule has 164 valence electrons. The molecule has 0 spiro atoms. The average Bonchev–Trinajstić information content (AvgIpc) is 3.28. The minimum atomic E-state index is -0.501. The van der Waals surface area contributed by atoms with Gasteiger partial charge in [0.1, 0.15) is 11.8 Å². The molecule has 0 bridgehead atoms. The quantitative estimate of drug-likeness (QED) is 0.519. The highest BCUT2D eigenvalue weighted by Crippen LogP contribution is 2.34. The SMILES string of the molecule is COc1ccc(NC(=O)c2ccc(N[C@@H](C)C(=O)Nc3ccc4c(c3)OCO4)cc2)cc1. The largest absolute Gasteiger partial charge is 0.497 e. The van der Waals surface area contributed by atoms with Gasteiger partial charge in [-0.25, -0.2) is 0 Å². The number of anilines is 3. The third-order valence-electron chi connectivity index (χ3n) is 4.91. The predicted molar refractivity (Wildman–Crippen MR) is 122 cm³/mol. The molecule has 32 heavy (non-hydrogen) atoms. The van der Waals surface area contributed by atoms with Gasteiger partial charge in [-0.3, -0.25) is 9.59 Å². The Kier molecular flexibility index (Phi) is 6.12. The van der Waals surface area contributed by atoms with Gasteiger partial charge >= 0.3 is 0 Å². The van der Waals surface area contributed by atoms with E-state index in [0.29, 0.717) is 28.4 Å². The summed E-state index contributed by atoms with van der Waals surface area (Å²) in [6, 6.07) is 18.7. The maximum atomic E-state index is 12.5. The molecule has 3 aromatic rings. The summed E-state index contributed by atoms with van der Waals surface area (Å²) in [5.41, 5.74) is 2.52. The molecule has 3 aromatic carbocycles. The van der Waals surface area contributed by atoms with E-state index in [1.54, 1.807) is 80.8 Å². The topological polar surface area (TPSA) is 97.9 Å². The molecule has 1 aliphatic rings. The van der Waals surface area contributed by atoms with Crippen LogP contribution in [0.5, 0.6) is 17.2 Å². The molecule has 1 atom stereocenters. The number of ether oxygens (including phenoxy) is 3. The molecule has 0 radical (unpaired) electrons. The lowest BCUT2D eigenvalue weighted by Gasteiger charge is -2.16. The first-order valence-electron chi connectivity index (χ1n) is 10.0. The Morgan fingerprint density at radius 3 is 2.22 bits per heavy atom. The van der Waals surface area contributed by atoms with Gasteiger partial charge in [0.15, 0.2) is 11.5 Å². The van der Waals surface area contributed by atoms with Crippen molar-refractivity contribution in [2.75, 3.05) is 29.9 Å². The first kappa shape index (κ1) is 21.0. The maximum absolute atomic E-state index is 12.5. The van der Waals surface area contributed by atoms with E-state index in [9.17, 15) is 9.59 Å². The number of amides is 2. The Balaban J connectivity index is 1.32. The molecule has 0 fully saturated rings. The lowest BCUT2D eigenvalue weighted by atomic mass is 10.1. The van der Waals surface area contributed by atoms with E-state index in [4.69, 9.17) is 14.2 Å². The van der Waals surface area contributed by atoms with Crippen molar-refractivity contribution in [1.29, 1.82) is 0 Å². The Hall–Kier alpha value is -4.20. The number of hydrogen-bond acceptors (Lipinski definition) is 6. The van der Waals surface area contributed by atoms with Gasteiger partial charge in [0.05, 0.1) is 7.11 Å². The zero-order valence-electron chi connectivity index (χ0n) is 17.7. The summed E-state index contributed by atoms with van der Waals surface area (Å²) in [6.45, 7) is 1.94. The van der Waals surface area contributed by atoms with Crippen LogP contribution in [0.15, 0.2) is 66.7 Å². The molecule has 0 saturated heterocycles. The molecule has 1 aliphatic heterocycles. The number of methoxy groups -OCH3 is 1. The number of hydrogen-bond donors (Lipinski definition) is 3. The Morgan fingerprint density at radius 2 is 1.50 bits per heavy atom. The van der Waals surface area contributed by atoms with Crippen molar-refractivity contribution in [1.82, 2.24) is 0 Å². The van der Waals surface area contributed by atoms with Gasteiger partial charge in [-0.05, 0) is 67.6 Å². The number of fused-ring (bicyclic) bond motifs is 1. The molecular formula is C24H23N3O5. The smallest absolute Gasteiger partial charge is 0.255 e. The first-order chi connectivity index (χ1) is 15.5. The average molecular weight is 433 g/mol. The maximum Gasteiger partial charge on any atom is 0.255 e. The summed E-state index contributed by atoms with van der Waals surface area (Å²) in [4.78, 5) is 25.0. The van der Waals surface area contributed by atoms with Gasteiger partial charge in [0.25, 0.3) is 5.91 Å². The summed E-state index contributed by atoms with van der Waals surface area (Å²) in [5.74, 6) is 1.55. The summed E-state index contributed by atoms with van der Waals surface area (Å²) in [6.07, 6.45) is 0. The molecule has 1 heterocycles. The predicted octanol–water partition coefficient (Wildman–Crippen LogP) is 4.12. The molecule has 3 N–H and O–H groups in total. The van der Waals surface area contributed by atoms with E-state index >= 15 is 0 Å². The summed E-state index contributed by atoms with van der Waals surface area (Å²) in [5, 5.41) is 8.81. The van der Waals surface area contributed by atoms with Crippen molar-refractivity contribution in [2.45, 2.75) is 13.0 Å². The standard InChI is InChI=1S/C24H23N3O5/c1-15(23(28)27-19-9-12-21-22(13-19)32-14-31-21)25-17-5-3-16(4-6-17)24(29)26-18-7-10-20(30-2)11-8-18/h3-13,15,25H,14H2,1-2H3,(H,26,29)(H,27,28)/t15-/m0/s1. The van der Waals surface area contributed by atoms with Gasteiger partial charge in [-0.2, -0.15) is 0 Å². The highest BCUT2D eigenvalue weighted by atomic mass is 16.7. The molecule has 8 heteroatoms. The van der Waals surface area contributed by atoms with Gasteiger partial charge in [0.2, 0.25) is 12.7 Å². The molecule has 0 aliphatic carbocycles. The van der Waals surface area contributed by atoms with Crippen LogP contribution in [-0.4, -0.2) is 31.8 Å². The highest BCUT2D eigenvalue weighted by molar-refractivity contribution is 6.04. The zero-order chi connectivity index (χ0) is 22.5. The zero-order valence-corrected chi connectivity index (χ0v) is 17.7. The van der Waals surface area contributed by atoms with Gasteiger partial charge in [-0.15, -0.1) is 0 Å². The van der Waals surface area contributed by atoms with E-state index in [0.717, 1.165) is 11.4 Å². The second-order valence-corrected chi connectivity index (χ2v) is 7.18. The Bertz CT molecular complexity index is 1110. The summed E-state index contributed by atoms with van der Waals surface area (Å²) >= 11 is 0. The van der Waals surface area contributed by atoms with Gasteiger partial charge in [-0.1, -0.05) is 0 Å². The van der Waals surface area contributed by atoms with Gasteiger partial charge in [0, 0.05) is 28.7 Å². The van der Waals surface area contributed by atoms with E-state index in [1.807, 2.05) is 0 Å². The Labute approximate surface area is 185 Å². The lowest BCUT2D eigenvalue weighted by Crippen LogP contribution is -2.31. The Morgan fingerprint density at radius 1 is 0.844 bits per heavy atom. The van der Waals surface area contributed by atoms with Crippen LogP contribution >= 0.6 is 0 Å². The summed E-state index contributed by atoms with van der Waals surface area (Å²) in [7, 11) is 1.59. The van der Waals surface area contributed by atoms with Crippen molar-refractivity contribution < 1.29 is 23.8 Å². The fourth-order valence-corrected chi connectivity index (χ4v) is 3.14. The fourth-order valence-electron chi connectivity index (χ4n) is 3.14.